The van der Waals surface area contributed by atoms with E-state index in [9.17, 15) is 9.59 Å². The summed E-state index contributed by atoms with van der Waals surface area (Å²) in [5.41, 5.74) is 0. The number of hydrogen-bond donors (Lipinski definition) is 0. The van der Waals surface area contributed by atoms with Crippen molar-refractivity contribution in [1.82, 2.24) is 0 Å². The summed E-state index contributed by atoms with van der Waals surface area (Å²) in [4.78, 5) is 23.3. The van der Waals surface area contributed by atoms with Crippen molar-refractivity contribution >= 4 is 35.1 Å². The van der Waals surface area contributed by atoms with Crippen molar-refractivity contribution < 1.29 is 19.1 Å². The van der Waals surface area contributed by atoms with Gasteiger partial charge < -0.3 is 9.47 Å². The summed E-state index contributed by atoms with van der Waals surface area (Å²) in [5.74, 6) is -1.09. The number of rotatable bonds is 14. The Labute approximate surface area is 178 Å². The molecule has 0 aromatic heterocycles. The maximum Gasteiger partial charge on any atom is 0.336 e. The third-order valence-electron chi connectivity index (χ3n) is 4.20. The van der Waals surface area contributed by atoms with Crippen LogP contribution in [0.15, 0.2) is 30.4 Å². The van der Waals surface area contributed by atoms with Gasteiger partial charge in [-0.2, -0.15) is 0 Å². The zero-order chi connectivity index (χ0) is 20.6. The Bertz CT molecular complexity index is 629. The minimum absolute atomic E-state index is 0.180. The second kappa shape index (κ2) is 15.4. The number of halogens is 2. The first kappa shape index (κ1) is 24.5. The lowest BCUT2D eigenvalue weighted by molar-refractivity contribution is -0.138. The lowest BCUT2D eigenvalue weighted by atomic mass is 10.1. The van der Waals surface area contributed by atoms with E-state index in [0.29, 0.717) is 11.6 Å². The van der Waals surface area contributed by atoms with Gasteiger partial charge in [0, 0.05) is 17.2 Å². The highest BCUT2D eigenvalue weighted by atomic mass is 35.5. The van der Waals surface area contributed by atoms with Gasteiger partial charge in [-0.15, -0.1) is 0 Å². The number of unbranched alkanes of at least 4 members (excludes halogenated alkanes) is 9. The third kappa shape index (κ3) is 12.0. The van der Waals surface area contributed by atoms with Crippen molar-refractivity contribution in [3.63, 3.8) is 0 Å². The van der Waals surface area contributed by atoms with Crippen LogP contribution in [-0.4, -0.2) is 18.5 Å². The standard InChI is InChI=1S/C22H30Cl2O4/c1-2-3-4-5-6-7-8-9-10-11-16-27-21(25)14-15-22(26)28-20-13-12-18(23)17-19(20)24/h12-15,17H,2-11,16H2,1H3/b15-14+. The molecule has 0 atom stereocenters. The molecule has 0 aliphatic rings. The highest BCUT2D eigenvalue weighted by molar-refractivity contribution is 6.35. The highest BCUT2D eigenvalue weighted by Crippen LogP contribution is 2.27. The quantitative estimate of drug-likeness (QED) is 0.139. The summed E-state index contributed by atoms with van der Waals surface area (Å²) < 4.78 is 10.1. The number of benzene rings is 1. The molecule has 4 nitrogen and oxygen atoms in total. The largest absolute Gasteiger partial charge is 0.463 e. The number of ether oxygens (including phenoxy) is 2. The van der Waals surface area contributed by atoms with Gasteiger partial charge in [0.2, 0.25) is 0 Å². The van der Waals surface area contributed by atoms with Crippen LogP contribution in [0.1, 0.15) is 71.1 Å². The molecule has 0 saturated heterocycles. The van der Waals surface area contributed by atoms with Gasteiger partial charge in [-0.1, -0.05) is 87.9 Å². The van der Waals surface area contributed by atoms with Crippen LogP contribution in [0, 0.1) is 0 Å². The summed E-state index contributed by atoms with van der Waals surface area (Å²) >= 11 is 11.7. The van der Waals surface area contributed by atoms with E-state index in [2.05, 4.69) is 6.92 Å². The van der Waals surface area contributed by atoms with Gasteiger partial charge in [0.25, 0.3) is 0 Å². The van der Waals surface area contributed by atoms with E-state index >= 15 is 0 Å². The molecule has 0 aliphatic heterocycles. The number of esters is 2. The minimum Gasteiger partial charge on any atom is -0.463 e. The molecular weight excluding hydrogens is 399 g/mol. The molecule has 156 valence electrons. The summed E-state index contributed by atoms with van der Waals surface area (Å²) in [6.07, 6.45) is 14.3. The summed E-state index contributed by atoms with van der Waals surface area (Å²) in [6.45, 7) is 2.59. The smallest absolute Gasteiger partial charge is 0.336 e. The van der Waals surface area contributed by atoms with Crippen LogP contribution in [0.4, 0.5) is 0 Å². The van der Waals surface area contributed by atoms with Gasteiger partial charge >= 0.3 is 11.9 Å². The SMILES string of the molecule is CCCCCCCCCCCCOC(=O)/C=C/C(=O)Oc1ccc(Cl)cc1Cl. The second-order valence-electron chi connectivity index (χ2n) is 6.68. The molecule has 1 aromatic rings. The van der Waals surface area contributed by atoms with E-state index in [0.717, 1.165) is 31.4 Å². The molecule has 0 aliphatic carbocycles. The Morgan fingerprint density at radius 3 is 2.04 bits per heavy atom. The lowest BCUT2D eigenvalue weighted by Crippen LogP contribution is -2.07. The van der Waals surface area contributed by atoms with Gasteiger partial charge in [0.1, 0.15) is 5.75 Å². The van der Waals surface area contributed by atoms with Crippen LogP contribution in [0.2, 0.25) is 10.0 Å². The van der Waals surface area contributed by atoms with Crippen LogP contribution < -0.4 is 4.74 Å². The molecule has 28 heavy (non-hydrogen) atoms. The van der Waals surface area contributed by atoms with Crippen LogP contribution in [0.25, 0.3) is 0 Å². The monoisotopic (exact) mass is 428 g/mol. The molecule has 1 rings (SSSR count). The molecule has 0 unspecified atom stereocenters. The van der Waals surface area contributed by atoms with E-state index in [1.165, 1.54) is 57.1 Å². The average molecular weight is 429 g/mol. The van der Waals surface area contributed by atoms with Crippen molar-refractivity contribution in [3.05, 3.63) is 40.4 Å². The molecule has 0 heterocycles. The topological polar surface area (TPSA) is 52.6 Å². The van der Waals surface area contributed by atoms with E-state index in [4.69, 9.17) is 32.7 Å². The fourth-order valence-electron chi connectivity index (χ4n) is 2.65. The number of carbonyl (C=O) groups is 2. The van der Waals surface area contributed by atoms with Gasteiger partial charge in [-0.3, -0.25) is 0 Å². The fraction of sp³-hybridized carbons (Fsp3) is 0.545. The molecule has 0 bridgehead atoms. The van der Waals surface area contributed by atoms with Crippen molar-refractivity contribution in [2.24, 2.45) is 0 Å². The Kier molecular flexibility index (Phi) is 13.5. The van der Waals surface area contributed by atoms with Crippen LogP contribution in [0.5, 0.6) is 5.75 Å². The van der Waals surface area contributed by atoms with Crippen LogP contribution >= 0.6 is 23.2 Å². The predicted molar refractivity (Wildman–Crippen MR) is 114 cm³/mol. The van der Waals surface area contributed by atoms with Gasteiger partial charge in [0.05, 0.1) is 11.6 Å². The van der Waals surface area contributed by atoms with Gasteiger partial charge in [-0.05, 0) is 24.6 Å². The van der Waals surface area contributed by atoms with E-state index < -0.39 is 11.9 Å². The predicted octanol–water partition coefficient (Wildman–Crippen LogP) is 6.92. The Hall–Kier alpha value is -1.52. The summed E-state index contributed by atoms with van der Waals surface area (Å²) in [7, 11) is 0. The second-order valence-corrected chi connectivity index (χ2v) is 7.52. The summed E-state index contributed by atoms with van der Waals surface area (Å²) in [6, 6.07) is 4.51. The normalized spacial score (nSPS) is 11.0. The third-order valence-corrected chi connectivity index (χ3v) is 4.73. The number of hydrogen-bond acceptors (Lipinski definition) is 4. The zero-order valence-electron chi connectivity index (χ0n) is 16.6. The van der Waals surface area contributed by atoms with Gasteiger partial charge in [-0.25, -0.2) is 9.59 Å². The van der Waals surface area contributed by atoms with Crippen LogP contribution in [-0.2, 0) is 14.3 Å². The van der Waals surface area contributed by atoms with Crippen molar-refractivity contribution in [1.29, 1.82) is 0 Å². The minimum atomic E-state index is -0.708. The molecular formula is C22H30Cl2O4. The first-order valence-corrected chi connectivity index (χ1v) is 10.8. The van der Waals surface area contributed by atoms with E-state index in [-0.39, 0.29) is 10.8 Å². The van der Waals surface area contributed by atoms with Crippen molar-refractivity contribution in [2.75, 3.05) is 6.61 Å². The van der Waals surface area contributed by atoms with Crippen LogP contribution in [0.3, 0.4) is 0 Å². The molecule has 0 fully saturated rings. The Balaban J connectivity index is 2.07. The molecule has 0 amide bonds. The first-order valence-electron chi connectivity index (χ1n) is 10.0. The van der Waals surface area contributed by atoms with Crippen molar-refractivity contribution in [3.8, 4) is 5.75 Å². The molecule has 0 radical (unpaired) electrons. The fourth-order valence-corrected chi connectivity index (χ4v) is 3.09. The molecule has 0 saturated carbocycles. The zero-order valence-corrected chi connectivity index (χ0v) is 18.1. The maximum absolute atomic E-state index is 11.7. The lowest BCUT2D eigenvalue weighted by Gasteiger charge is -2.04. The summed E-state index contributed by atoms with van der Waals surface area (Å²) in [5, 5.41) is 0.661. The molecule has 0 N–H and O–H groups in total. The molecule has 1 aromatic carbocycles. The van der Waals surface area contributed by atoms with Gasteiger partial charge in [0.15, 0.2) is 0 Å². The molecule has 6 heteroatoms. The average Bonchev–Trinajstić information content (AvgIpc) is 2.66. The van der Waals surface area contributed by atoms with E-state index in [1.807, 2.05) is 0 Å². The highest BCUT2D eigenvalue weighted by Gasteiger charge is 2.07. The Morgan fingerprint density at radius 2 is 1.43 bits per heavy atom. The van der Waals surface area contributed by atoms with Crippen molar-refractivity contribution in [2.45, 2.75) is 71.1 Å². The first-order chi connectivity index (χ1) is 13.5. The molecule has 0 spiro atoms. The van der Waals surface area contributed by atoms with E-state index in [1.54, 1.807) is 6.07 Å². The number of carbonyl (C=O) groups excluding carboxylic acids is 2. The Morgan fingerprint density at radius 1 is 0.857 bits per heavy atom. The maximum atomic E-state index is 11.7.